The summed E-state index contributed by atoms with van der Waals surface area (Å²) in [5.74, 6) is -0.362. The zero-order valence-corrected chi connectivity index (χ0v) is 22.5. The number of aromatic nitrogens is 2. The van der Waals surface area contributed by atoms with E-state index in [4.69, 9.17) is 0 Å². The number of carboxylic acids is 1. The smallest absolute Gasteiger partial charge is 0.305 e. The van der Waals surface area contributed by atoms with Gasteiger partial charge in [-0.05, 0) is 54.3 Å². The molecule has 0 saturated carbocycles. The molecule has 0 spiro atoms. The number of nitrogens with zero attached hydrogens (tertiary/aromatic N) is 4. The standard InChI is InChI=1S/C28H30N4O3.C2H6/c1-19-13-20(2)27-22(16-30(3)25(27)14-19)17-32(18-33)23-11-8-12-29-28(23)31(4)24(15-26(34)35)21-9-6-5-7-10-21;1-2/h5-14,16,18,24H,15,17H2,1-4H3,(H,34,35);1-2H3. The Labute approximate surface area is 219 Å². The average molecular weight is 501 g/mol. The van der Waals surface area contributed by atoms with Crippen LogP contribution in [0.4, 0.5) is 11.5 Å². The van der Waals surface area contributed by atoms with Gasteiger partial charge in [0.25, 0.3) is 0 Å². The van der Waals surface area contributed by atoms with Crippen molar-refractivity contribution in [1.29, 1.82) is 0 Å². The first-order valence-corrected chi connectivity index (χ1v) is 12.5. The molecular formula is C30H36N4O3. The lowest BCUT2D eigenvalue weighted by Crippen LogP contribution is -2.30. The molecule has 194 valence electrons. The van der Waals surface area contributed by atoms with Crippen LogP contribution in [0.15, 0.2) is 67.0 Å². The number of aliphatic carboxylic acids is 1. The molecule has 7 heteroatoms. The summed E-state index contributed by atoms with van der Waals surface area (Å²) in [4.78, 5) is 32.1. The average Bonchev–Trinajstić information content (AvgIpc) is 3.22. The molecule has 0 fully saturated rings. The zero-order chi connectivity index (χ0) is 27.1. The molecule has 0 saturated heterocycles. The van der Waals surface area contributed by atoms with Gasteiger partial charge in [0.1, 0.15) is 0 Å². The minimum absolute atomic E-state index is 0.0977. The van der Waals surface area contributed by atoms with E-state index in [0.29, 0.717) is 18.1 Å². The van der Waals surface area contributed by atoms with Crippen LogP contribution < -0.4 is 9.80 Å². The van der Waals surface area contributed by atoms with E-state index >= 15 is 0 Å². The number of carboxylic acid groups (broad SMARTS) is 1. The number of benzene rings is 2. The monoisotopic (exact) mass is 500 g/mol. The lowest BCUT2D eigenvalue weighted by molar-refractivity contribution is -0.137. The van der Waals surface area contributed by atoms with Gasteiger partial charge in [-0.1, -0.05) is 50.2 Å². The van der Waals surface area contributed by atoms with Crippen molar-refractivity contribution in [3.63, 3.8) is 0 Å². The Hall–Kier alpha value is -4.13. The highest BCUT2D eigenvalue weighted by atomic mass is 16.4. The number of amides is 1. The number of hydrogen-bond donors (Lipinski definition) is 1. The fourth-order valence-electron chi connectivity index (χ4n) is 4.84. The van der Waals surface area contributed by atoms with Crippen LogP contribution in [0.3, 0.4) is 0 Å². The first-order valence-electron chi connectivity index (χ1n) is 12.5. The zero-order valence-electron chi connectivity index (χ0n) is 22.5. The molecule has 37 heavy (non-hydrogen) atoms. The summed E-state index contributed by atoms with van der Waals surface area (Å²) in [5, 5.41) is 10.7. The van der Waals surface area contributed by atoms with E-state index in [2.05, 4.69) is 41.7 Å². The number of pyridine rings is 1. The van der Waals surface area contributed by atoms with Crippen LogP contribution in [-0.4, -0.2) is 34.1 Å². The van der Waals surface area contributed by atoms with Crippen LogP contribution in [0.25, 0.3) is 10.9 Å². The SMILES string of the molecule is CC.Cc1cc(C)c2c(CN(C=O)c3cccnc3N(C)C(CC(=O)O)c3ccccc3)cn(C)c2c1. The topological polar surface area (TPSA) is 78.7 Å². The maximum Gasteiger partial charge on any atom is 0.305 e. The van der Waals surface area contributed by atoms with Crippen molar-refractivity contribution in [3.05, 3.63) is 89.2 Å². The molecule has 2 aromatic carbocycles. The number of hydrogen-bond acceptors (Lipinski definition) is 4. The molecule has 2 aromatic heterocycles. The maximum atomic E-state index is 12.4. The van der Waals surface area contributed by atoms with E-state index in [9.17, 15) is 14.7 Å². The van der Waals surface area contributed by atoms with Gasteiger partial charge in [0.2, 0.25) is 6.41 Å². The summed E-state index contributed by atoms with van der Waals surface area (Å²) in [5.41, 5.74) is 6.00. The van der Waals surface area contributed by atoms with E-state index in [1.54, 1.807) is 17.2 Å². The van der Waals surface area contributed by atoms with Crippen LogP contribution in [0.1, 0.15) is 48.6 Å². The van der Waals surface area contributed by atoms with Crippen LogP contribution >= 0.6 is 0 Å². The van der Waals surface area contributed by atoms with Crippen LogP contribution in [-0.2, 0) is 23.2 Å². The van der Waals surface area contributed by atoms with Gasteiger partial charge in [0.05, 0.1) is 24.7 Å². The predicted molar refractivity (Wildman–Crippen MR) is 150 cm³/mol. The van der Waals surface area contributed by atoms with E-state index in [0.717, 1.165) is 34.0 Å². The normalized spacial score (nSPS) is 11.4. The third-order valence-corrected chi connectivity index (χ3v) is 6.41. The third kappa shape index (κ3) is 6.00. The molecule has 0 aliphatic heterocycles. The number of fused-ring (bicyclic) bond motifs is 1. The molecule has 7 nitrogen and oxygen atoms in total. The van der Waals surface area contributed by atoms with Gasteiger partial charge in [-0.25, -0.2) is 4.98 Å². The van der Waals surface area contributed by atoms with Crippen molar-refractivity contribution in [2.75, 3.05) is 16.8 Å². The second-order valence-corrected chi connectivity index (χ2v) is 8.96. The van der Waals surface area contributed by atoms with Crippen molar-refractivity contribution in [2.45, 2.75) is 46.7 Å². The fraction of sp³-hybridized carbons (Fsp3) is 0.300. The number of anilines is 2. The summed E-state index contributed by atoms with van der Waals surface area (Å²) < 4.78 is 2.09. The van der Waals surface area contributed by atoms with Crippen molar-refractivity contribution in [1.82, 2.24) is 9.55 Å². The Morgan fingerprint density at radius 3 is 2.46 bits per heavy atom. The van der Waals surface area contributed by atoms with Gasteiger partial charge < -0.3 is 19.5 Å². The van der Waals surface area contributed by atoms with Gasteiger partial charge in [-0.3, -0.25) is 9.59 Å². The van der Waals surface area contributed by atoms with E-state index in [-0.39, 0.29) is 6.42 Å². The predicted octanol–water partition coefficient (Wildman–Crippen LogP) is 6.03. The quantitative estimate of drug-likeness (QED) is 0.284. The van der Waals surface area contributed by atoms with Crippen LogP contribution in [0.2, 0.25) is 0 Å². The second-order valence-electron chi connectivity index (χ2n) is 8.96. The van der Waals surface area contributed by atoms with Crippen LogP contribution in [0, 0.1) is 13.8 Å². The Morgan fingerprint density at radius 2 is 1.81 bits per heavy atom. The maximum absolute atomic E-state index is 12.4. The van der Waals surface area contributed by atoms with Crippen molar-refractivity contribution < 1.29 is 14.7 Å². The molecule has 4 rings (SSSR count). The Bertz CT molecular complexity index is 1360. The Balaban J connectivity index is 0.00000186. The van der Waals surface area contributed by atoms with Gasteiger partial charge in [0.15, 0.2) is 5.82 Å². The lowest BCUT2D eigenvalue weighted by Gasteiger charge is -2.31. The summed E-state index contributed by atoms with van der Waals surface area (Å²) >= 11 is 0. The Morgan fingerprint density at radius 1 is 1.11 bits per heavy atom. The third-order valence-electron chi connectivity index (χ3n) is 6.41. The molecule has 1 N–H and O–H groups in total. The summed E-state index contributed by atoms with van der Waals surface area (Å²) in [6.45, 7) is 8.53. The largest absolute Gasteiger partial charge is 0.481 e. The van der Waals surface area contributed by atoms with Gasteiger partial charge >= 0.3 is 5.97 Å². The fourth-order valence-corrected chi connectivity index (χ4v) is 4.84. The molecule has 0 aliphatic carbocycles. The summed E-state index contributed by atoms with van der Waals surface area (Å²) in [6.07, 6.45) is 4.43. The summed E-state index contributed by atoms with van der Waals surface area (Å²) in [6, 6.07) is 17.0. The van der Waals surface area contributed by atoms with Gasteiger partial charge in [0, 0.05) is 37.4 Å². The van der Waals surface area contributed by atoms with Crippen LogP contribution in [0.5, 0.6) is 0 Å². The molecule has 4 aromatic rings. The highest BCUT2D eigenvalue weighted by Crippen LogP contribution is 2.35. The second kappa shape index (κ2) is 12.2. The number of aryl methyl sites for hydroxylation is 3. The lowest BCUT2D eigenvalue weighted by atomic mass is 10.0. The highest BCUT2D eigenvalue weighted by Gasteiger charge is 2.25. The van der Waals surface area contributed by atoms with Crippen molar-refractivity contribution >= 4 is 34.8 Å². The molecule has 1 amide bonds. The molecule has 1 atom stereocenters. The number of carbonyl (C=O) groups excluding carboxylic acids is 1. The van der Waals surface area contributed by atoms with Crippen molar-refractivity contribution in [3.8, 4) is 0 Å². The minimum atomic E-state index is -0.906. The first kappa shape index (κ1) is 27.5. The number of rotatable bonds is 9. The molecule has 1 unspecified atom stereocenters. The van der Waals surface area contributed by atoms with Gasteiger partial charge in [-0.15, -0.1) is 0 Å². The van der Waals surface area contributed by atoms with E-state index in [1.807, 2.05) is 69.2 Å². The molecule has 0 aliphatic rings. The molecule has 0 radical (unpaired) electrons. The number of carbonyl (C=O) groups is 2. The first-order chi connectivity index (χ1) is 17.8. The molecule has 0 bridgehead atoms. The van der Waals surface area contributed by atoms with E-state index < -0.39 is 12.0 Å². The van der Waals surface area contributed by atoms with Crippen molar-refractivity contribution in [2.24, 2.45) is 7.05 Å². The van der Waals surface area contributed by atoms with Gasteiger partial charge in [-0.2, -0.15) is 0 Å². The summed E-state index contributed by atoms with van der Waals surface area (Å²) in [7, 11) is 3.83. The minimum Gasteiger partial charge on any atom is -0.481 e. The molecule has 2 heterocycles. The highest BCUT2D eigenvalue weighted by molar-refractivity contribution is 5.90. The van der Waals surface area contributed by atoms with E-state index in [1.165, 1.54) is 5.56 Å². The molecular weight excluding hydrogens is 464 g/mol. The Kier molecular flexibility index (Phi) is 9.06.